The van der Waals surface area contributed by atoms with Crippen LogP contribution in [0.4, 0.5) is 5.69 Å². The van der Waals surface area contributed by atoms with Crippen LogP contribution in [0.5, 0.6) is 0 Å². The number of carboxylic acid groups (broad SMARTS) is 1. The molecule has 0 bridgehead atoms. The highest BCUT2D eigenvalue weighted by Crippen LogP contribution is 2.16. The highest BCUT2D eigenvalue weighted by Gasteiger charge is 2.15. The summed E-state index contributed by atoms with van der Waals surface area (Å²) in [6.45, 7) is -0.388. The second-order valence-electron chi connectivity index (χ2n) is 3.34. The number of amides is 1. The van der Waals surface area contributed by atoms with Crippen LogP contribution in [-0.4, -0.2) is 34.7 Å². The van der Waals surface area contributed by atoms with Gasteiger partial charge in [-0.25, -0.2) is 4.79 Å². The predicted octanol–water partition coefficient (Wildman–Crippen LogP) is 0.0975. The third-order valence-corrected chi connectivity index (χ3v) is 2.14. The van der Waals surface area contributed by atoms with E-state index >= 15 is 0 Å². The fourth-order valence-corrected chi connectivity index (χ4v) is 1.37. The Morgan fingerprint density at radius 1 is 1.41 bits per heavy atom. The summed E-state index contributed by atoms with van der Waals surface area (Å²) in [6.07, 6.45) is -1.64. The molecule has 0 aromatic heterocycles. The van der Waals surface area contributed by atoms with Gasteiger partial charge in [0.15, 0.2) is 6.10 Å². The molecule has 0 spiro atoms. The first-order chi connectivity index (χ1) is 7.90. The summed E-state index contributed by atoms with van der Waals surface area (Å²) in [5.41, 5.74) is 6.02. The predicted molar refractivity (Wildman–Crippen MR) is 61.8 cm³/mol. The summed E-state index contributed by atoms with van der Waals surface area (Å²) in [5.74, 6) is -1.96. The number of anilines is 1. The van der Waals surface area contributed by atoms with Crippen LogP contribution in [0.2, 0.25) is 5.02 Å². The van der Waals surface area contributed by atoms with Gasteiger partial charge in [0.05, 0.1) is 6.54 Å². The van der Waals surface area contributed by atoms with E-state index in [9.17, 15) is 9.59 Å². The maximum absolute atomic E-state index is 11.5. The van der Waals surface area contributed by atoms with Gasteiger partial charge in [-0.2, -0.15) is 0 Å². The van der Waals surface area contributed by atoms with Crippen molar-refractivity contribution in [3.63, 3.8) is 0 Å². The van der Waals surface area contributed by atoms with Gasteiger partial charge >= 0.3 is 5.97 Å². The Morgan fingerprint density at radius 2 is 2.06 bits per heavy atom. The van der Waals surface area contributed by atoms with Gasteiger partial charge in [0.25, 0.3) is 5.91 Å². The quantitative estimate of drug-likeness (QED) is 0.572. The summed E-state index contributed by atoms with van der Waals surface area (Å²) in [4.78, 5) is 21.9. The molecule has 0 aliphatic heterocycles. The molecule has 1 rings (SSSR count). The van der Waals surface area contributed by atoms with Gasteiger partial charge in [-0.05, 0) is 18.2 Å². The third kappa shape index (κ3) is 3.93. The van der Waals surface area contributed by atoms with E-state index in [1.54, 1.807) is 0 Å². The third-order valence-electron chi connectivity index (χ3n) is 1.92. The van der Waals surface area contributed by atoms with E-state index in [4.69, 9.17) is 27.5 Å². The number of aliphatic hydroxyl groups is 1. The Bertz CT molecular complexity index is 430. The van der Waals surface area contributed by atoms with Crippen LogP contribution in [0, 0.1) is 0 Å². The van der Waals surface area contributed by atoms with Gasteiger partial charge in [-0.1, -0.05) is 11.6 Å². The minimum absolute atomic E-state index is 0.201. The number of hydrogen-bond acceptors (Lipinski definition) is 4. The molecular formula is C10H11ClN2O4. The molecular weight excluding hydrogens is 248 g/mol. The fraction of sp³-hybridized carbons (Fsp3) is 0.200. The summed E-state index contributed by atoms with van der Waals surface area (Å²) in [5, 5.41) is 19.9. The average molecular weight is 259 g/mol. The largest absolute Gasteiger partial charge is 0.479 e. The van der Waals surface area contributed by atoms with Gasteiger partial charge in [0.2, 0.25) is 0 Å². The molecule has 0 aliphatic rings. The van der Waals surface area contributed by atoms with Gasteiger partial charge in [0, 0.05) is 16.3 Å². The van der Waals surface area contributed by atoms with Crippen molar-refractivity contribution in [2.45, 2.75) is 6.10 Å². The number of benzene rings is 1. The van der Waals surface area contributed by atoms with Crippen LogP contribution < -0.4 is 11.1 Å². The standard InChI is InChI=1S/C10H11ClN2O4/c11-6-1-5(2-7(12)3-6)9(15)13-4-8(14)10(16)17/h1-3,8,14H,4,12H2,(H,13,15)(H,16,17). The molecule has 0 saturated heterocycles. The normalized spacial score (nSPS) is 11.9. The minimum atomic E-state index is -1.64. The molecule has 5 N–H and O–H groups in total. The Balaban J connectivity index is 2.67. The summed E-state index contributed by atoms with van der Waals surface area (Å²) < 4.78 is 0. The van der Waals surface area contributed by atoms with Crippen LogP contribution in [-0.2, 0) is 4.79 Å². The van der Waals surface area contributed by atoms with Crippen molar-refractivity contribution in [3.8, 4) is 0 Å². The first-order valence-electron chi connectivity index (χ1n) is 4.65. The van der Waals surface area contributed by atoms with Crippen molar-refractivity contribution in [2.75, 3.05) is 12.3 Å². The molecule has 0 radical (unpaired) electrons. The maximum atomic E-state index is 11.5. The van der Waals surface area contributed by atoms with Crippen molar-refractivity contribution in [1.29, 1.82) is 0 Å². The molecule has 1 amide bonds. The smallest absolute Gasteiger partial charge is 0.334 e. The average Bonchev–Trinajstić information content (AvgIpc) is 2.23. The monoisotopic (exact) mass is 258 g/mol. The zero-order valence-electron chi connectivity index (χ0n) is 8.68. The molecule has 17 heavy (non-hydrogen) atoms. The lowest BCUT2D eigenvalue weighted by Gasteiger charge is -2.08. The maximum Gasteiger partial charge on any atom is 0.334 e. The molecule has 92 valence electrons. The first kappa shape index (κ1) is 13.3. The first-order valence-corrected chi connectivity index (χ1v) is 5.03. The van der Waals surface area contributed by atoms with Crippen molar-refractivity contribution in [3.05, 3.63) is 28.8 Å². The fourth-order valence-electron chi connectivity index (χ4n) is 1.12. The second kappa shape index (κ2) is 5.51. The van der Waals surface area contributed by atoms with E-state index < -0.39 is 18.0 Å². The lowest BCUT2D eigenvalue weighted by molar-refractivity contribution is -0.146. The van der Waals surface area contributed by atoms with Crippen molar-refractivity contribution in [2.24, 2.45) is 0 Å². The molecule has 6 nitrogen and oxygen atoms in total. The Kier molecular flexibility index (Phi) is 4.30. The molecule has 0 heterocycles. The molecule has 1 aromatic carbocycles. The number of aliphatic carboxylic acids is 1. The Morgan fingerprint density at radius 3 is 2.59 bits per heavy atom. The van der Waals surface area contributed by atoms with E-state index in [0.29, 0.717) is 10.7 Å². The van der Waals surface area contributed by atoms with E-state index in [0.717, 1.165) is 0 Å². The Labute approximate surface area is 102 Å². The Hall–Kier alpha value is -1.79. The number of nitrogens with two attached hydrogens (primary N) is 1. The lowest BCUT2D eigenvalue weighted by Crippen LogP contribution is -2.36. The number of carboxylic acids is 1. The van der Waals surface area contributed by atoms with Gasteiger partial charge in [0.1, 0.15) is 0 Å². The lowest BCUT2D eigenvalue weighted by atomic mass is 10.2. The number of nitrogen functional groups attached to an aromatic ring is 1. The molecule has 0 aliphatic carbocycles. The van der Waals surface area contributed by atoms with Crippen molar-refractivity contribution < 1.29 is 19.8 Å². The van der Waals surface area contributed by atoms with Crippen LogP contribution >= 0.6 is 11.6 Å². The van der Waals surface area contributed by atoms with E-state index in [1.165, 1.54) is 18.2 Å². The summed E-state index contributed by atoms with van der Waals surface area (Å²) >= 11 is 5.70. The van der Waals surface area contributed by atoms with E-state index in [1.807, 2.05) is 0 Å². The number of carbonyl (C=O) groups excluding carboxylic acids is 1. The zero-order valence-corrected chi connectivity index (χ0v) is 9.44. The molecule has 7 heteroatoms. The molecule has 0 saturated carbocycles. The SMILES string of the molecule is Nc1cc(Cl)cc(C(=O)NCC(O)C(=O)O)c1. The van der Waals surface area contributed by atoms with Gasteiger partial charge in [-0.15, -0.1) is 0 Å². The number of hydrogen-bond donors (Lipinski definition) is 4. The van der Waals surface area contributed by atoms with Crippen LogP contribution in [0.15, 0.2) is 18.2 Å². The molecule has 1 aromatic rings. The van der Waals surface area contributed by atoms with Crippen LogP contribution in [0.3, 0.4) is 0 Å². The molecule has 1 unspecified atom stereocenters. The number of aliphatic hydroxyl groups excluding tert-OH is 1. The minimum Gasteiger partial charge on any atom is -0.479 e. The second-order valence-corrected chi connectivity index (χ2v) is 3.77. The highest BCUT2D eigenvalue weighted by atomic mass is 35.5. The molecule has 1 atom stereocenters. The number of rotatable bonds is 4. The van der Waals surface area contributed by atoms with Crippen LogP contribution in [0.25, 0.3) is 0 Å². The van der Waals surface area contributed by atoms with E-state index in [2.05, 4.69) is 5.32 Å². The zero-order chi connectivity index (χ0) is 13.0. The van der Waals surface area contributed by atoms with Gasteiger partial charge in [-0.3, -0.25) is 4.79 Å². The summed E-state index contributed by atoms with van der Waals surface area (Å²) in [7, 11) is 0. The van der Waals surface area contributed by atoms with Crippen molar-refractivity contribution in [1.82, 2.24) is 5.32 Å². The number of nitrogens with one attached hydrogen (secondary N) is 1. The summed E-state index contributed by atoms with van der Waals surface area (Å²) in [6, 6.07) is 4.26. The van der Waals surface area contributed by atoms with Crippen LogP contribution in [0.1, 0.15) is 10.4 Å². The van der Waals surface area contributed by atoms with E-state index in [-0.39, 0.29) is 12.1 Å². The number of carbonyl (C=O) groups is 2. The highest BCUT2D eigenvalue weighted by molar-refractivity contribution is 6.31. The van der Waals surface area contributed by atoms with Crippen molar-refractivity contribution >= 4 is 29.2 Å². The van der Waals surface area contributed by atoms with Gasteiger partial charge < -0.3 is 21.3 Å². The topological polar surface area (TPSA) is 113 Å². The molecule has 0 fully saturated rings. The number of halogens is 1.